The van der Waals surface area contributed by atoms with Crippen LogP contribution >= 0.6 is 0 Å². The Morgan fingerprint density at radius 2 is 2.00 bits per heavy atom. The molecular weight excluding hydrogens is 188 g/mol. The summed E-state index contributed by atoms with van der Waals surface area (Å²) in [5.41, 5.74) is 1.58. The summed E-state index contributed by atoms with van der Waals surface area (Å²) >= 11 is 0. The zero-order valence-electron chi connectivity index (χ0n) is 8.24. The fraction of sp³-hybridized carbons (Fsp3) is 0.0833. The fourth-order valence-electron chi connectivity index (χ4n) is 1.34. The first-order valence-electron chi connectivity index (χ1n) is 4.73. The number of hydrogen-bond donors (Lipinski definition) is 1. The maximum absolute atomic E-state index is 9.50. The van der Waals surface area contributed by atoms with Crippen LogP contribution in [0, 0.1) is 0 Å². The Balaban J connectivity index is 2.32. The summed E-state index contributed by atoms with van der Waals surface area (Å²) in [4.78, 5) is 0. The number of aliphatic hydroxyl groups is 1. The molecule has 0 saturated heterocycles. The number of benzene rings is 1. The van der Waals surface area contributed by atoms with Gasteiger partial charge >= 0.3 is 0 Å². The van der Waals surface area contributed by atoms with Crippen molar-refractivity contribution in [3.05, 3.63) is 60.9 Å². The molecule has 0 bridgehead atoms. The zero-order valence-corrected chi connectivity index (χ0v) is 8.24. The molecule has 0 aliphatic carbocycles. The van der Waals surface area contributed by atoms with Crippen molar-refractivity contribution in [3.63, 3.8) is 0 Å². The van der Waals surface area contributed by atoms with Crippen molar-refractivity contribution in [2.24, 2.45) is 0 Å². The normalized spacial score (nSPS) is 12.3. The van der Waals surface area contributed by atoms with Crippen molar-refractivity contribution in [3.8, 4) is 5.69 Å². The van der Waals surface area contributed by atoms with Crippen molar-refractivity contribution in [2.75, 3.05) is 0 Å². The van der Waals surface area contributed by atoms with E-state index in [-0.39, 0.29) is 0 Å². The van der Waals surface area contributed by atoms with Gasteiger partial charge in [-0.15, -0.1) is 6.58 Å². The monoisotopic (exact) mass is 200 g/mol. The van der Waals surface area contributed by atoms with Gasteiger partial charge < -0.3 is 5.11 Å². The van der Waals surface area contributed by atoms with Crippen LogP contribution in [0.3, 0.4) is 0 Å². The van der Waals surface area contributed by atoms with Crippen molar-refractivity contribution in [1.29, 1.82) is 0 Å². The number of hydrogen-bond acceptors (Lipinski definition) is 2. The third-order valence-corrected chi connectivity index (χ3v) is 2.16. The van der Waals surface area contributed by atoms with Crippen LogP contribution < -0.4 is 0 Å². The summed E-state index contributed by atoms with van der Waals surface area (Å²) in [6.45, 7) is 3.52. The van der Waals surface area contributed by atoms with Gasteiger partial charge in [-0.3, -0.25) is 0 Å². The van der Waals surface area contributed by atoms with Gasteiger partial charge in [0.05, 0.1) is 11.4 Å². The van der Waals surface area contributed by atoms with E-state index in [9.17, 15) is 5.11 Å². The van der Waals surface area contributed by atoms with Crippen LogP contribution in [-0.2, 0) is 0 Å². The molecule has 1 atom stereocenters. The summed E-state index contributed by atoms with van der Waals surface area (Å²) in [5, 5.41) is 13.7. The fourth-order valence-corrected chi connectivity index (χ4v) is 1.34. The molecule has 3 nitrogen and oxygen atoms in total. The molecule has 1 unspecified atom stereocenters. The van der Waals surface area contributed by atoms with Gasteiger partial charge in [-0.2, -0.15) is 5.10 Å². The van der Waals surface area contributed by atoms with E-state index in [0.29, 0.717) is 5.69 Å². The number of rotatable bonds is 3. The van der Waals surface area contributed by atoms with Gasteiger partial charge in [-0.05, 0) is 18.2 Å². The standard InChI is InChI=1S/C12H12N2O/c1-2-12(15)11-8-9-14(13-11)10-6-4-3-5-7-10/h2-9,12,15H,1H2. The minimum absolute atomic E-state index is 0.605. The van der Waals surface area contributed by atoms with Crippen LogP contribution in [0.4, 0.5) is 0 Å². The van der Waals surface area contributed by atoms with E-state index in [1.54, 1.807) is 10.7 Å². The van der Waals surface area contributed by atoms with E-state index in [2.05, 4.69) is 11.7 Å². The molecule has 76 valence electrons. The molecule has 3 heteroatoms. The number of nitrogens with zero attached hydrogens (tertiary/aromatic N) is 2. The molecular formula is C12H12N2O. The van der Waals surface area contributed by atoms with Crippen LogP contribution in [0.5, 0.6) is 0 Å². The van der Waals surface area contributed by atoms with Crippen molar-refractivity contribution in [2.45, 2.75) is 6.10 Å². The Morgan fingerprint density at radius 3 is 2.67 bits per heavy atom. The topological polar surface area (TPSA) is 38.0 Å². The SMILES string of the molecule is C=CC(O)c1ccn(-c2ccccc2)n1. The molecule has 15 heavy (non-hydrogen) atoms. The first kappa shape index (κ1) is 9.68. The molecule has 1 N–H and O–H groups in total. The lowest BCUT2D eigenvalue weighted by Gasteiger charge is -2.01. The Labute approximate surface area is 88.3 Å². The molecule has 0 spiro atoms. The minimum atomic E-state index is -0.699. The highest BCUT2D eigenvalue weighted by molar-refractivity contribution is 5.30. The average molecular weight is 200 g/mol. The molecule has 0 amide bonds. The van der Waals surface area contributed by atoms with E-state index >= 15 is 0 Å². The molecule has 2 aromatic rings. The lowest BCUT2D eigenvalue weighted by molar-refractivity contribution is 0.223. The predicted octanol–water partition coefficient (Wildman–Crippen LogP) is 2.09. The number of para-hydroxylation sites is 1. The maximum atomic E-state index is 9.50. The molecule has 1 aromatic heterocycles. The van der Waals surface area contributed by atoms with Crippen molar-refractivity contribution >= 4 is 0 Å². The zero-order chi connectivity index (χ0) is 10.7. The second kappa shape index (κ2) is 4.11. The first-order valence-corrected chi connectivity index (χ1v) is 4.73. The van der Waals surface area contributed by atoms with Gasteiger partial charge in [-0.25, -0.2) is 4.68 Å². The summed E-state index contributed by atoms with van der Waals surface area (Å²) in [7, 11) is 0. The molecule has 0 fully saturated rings. The summed E-state index contributed by atoms with van der Waals surface area (Å²) < 4.78 is 1.72. The smallest absolute Gasteiger partial charge is 0.116 e. The highest BCUT2D eigenvalue weighted by Crippen LogP contribution is 2.13. The number of aromatic nitrogens is 2. The Morgan fingerprint density at radius 1 is 1.27 bits per heavy atom. The highest BCUT2D eigenvalue weighted by atomic mass is 16.3. The Kier molecular flexibility index (Phi) is 2.65. The van der Waals surface area contributed by atoms with E-state index in [0.717, 1.165) is 5.69 Å². The van der Waals surface area contributed by atoms with Gasteiger partial charge in [0.1, 0.15) is 6.10 Å². The van der Waals surface area contributed by atoms with E-state index in [1.807, 2.05) is 36.5 Å². The van der Waals surface area contributed by atoms with Gasteiger partial charge in [0, 0.05) is 6.20 Å². The van der Waals surface area contributed by atoms with Crippen molar-refractivity contribution in [1.82, 2.24) is 9.78 Å². The summed E-state index contributed by atoms with van der Waals surface area (Å²) in [6, 6.07) is 11.5. The lowest BCUT2D eigenvalue weighted by atomic mass is 10.3. The second-order valence-corrected chi connectivity index (χ2v) is 3.20. The lowest BCUT2D eigenvalue weighted by Crippen LogP contribution is -1.98. The molecule has 1 aromatic carbocycles. The third kappa shape index (κ3) is 1.97. The van der Waals surface area contributed by atoms with Gasteiger partial charge in [0.25, 0.3) is 0 Å². The minimum Gasteiger partial charge on any atom is -0.383 e. The summed E-state index contributed by atoms with van der Waals surface area (Å²) in [6.07, 6.45) is 2.57. The van der Waals surface area contributed by atoms with Crippen LogP contribution in [0.1, 0.15) is 11.8 Å². The van der Waals surface area contributed by atoms with Crippen LogP contribution in [0.15, 0.2) is 55.3 Å². The first-order chi connectivity index (χ1) is 7.31. The Bertz CT molecular complexity index is 448. The Hall–Kier alpha value is -1.87. The van der Waals surface area contributed by atoms with E-state index in [1.165, 1.54) is 6.08 Å². The predicted molar refractivity (Wildman–Crippen MR) is 58.7 cm³/mol. The summed E-state index contributed by atoms with van der Waals surface area (Å²) in [5.74, 6) is 0. The van der Waals surface area contributed by atoms with Crippen LogP contribution in [-0.4, -0.2) is 14.9 Å². The molecule has 0 aliphatic rings. The molecule has 0 radical (unpaired) electrons. The van der Waals surface area contributed by atoms with E-state index < -0.39 is 6.10 Å². The van der Waals surface area contributed by atoms with Crippen LogP contribution in [0.2, 0.25) is 0 Å². The molecule has 0 aliphatic heterocycles. The quantitative estimate of drug-likeness (QED) is 0.770. The van der Waals surface area contributed by atoms with E-state index in [4.69, 9.17) is 0 Å². The van der Waals surface area contributed by atoms with Crippen LogP contribution in [0.25, 0.3) is 5.69 Å². The largest absolute Gasteiger partial charge is 0.383 e. The van der Waals surface area contributed by atoms with Gasteiger partial charge in [-0.1, -0.05) is 24.3 Å². The van der Waals surface area contributed by atoms with Crippen molar-refractivity contribution < 1.29 is 5.11 Å². The highest BCUT2D eigenvalue weighted by Gasteiger charge is 2.06. The molecule has 2 rings (SSSR count). The van der Waals surface area contributed by atoms with Gasteiger partial charge in [0.15, 0.2) is 0 Å². The molecule has 1 heterocycles. The molecule has 0 saturated carbocycles. The maximum Gasteiger partial charge on any atom is 0.116 e. The second-order valence-electron chi connectivity index (χ2n) is 3.20. The number of aliphatic hydroxyl groups excluding tert-OH is 1. The third-order valence-electron chi connectivity index (χ3n) is 2.16. The average Bonchev–Trinajstić information content (AvgIpc) is 2.78. The van der Waals surface area contributed by atoms with Gasteiger partial charge in [0.2, 0.25) is 0 Å².